The van der Waals surface area contributed by atoms with Crippen molar-refractivity contribution >= 4 is 15.9 Å². The quantitative estimate of drug-likeness (QED) is 0.876. The summed E-state index contributed by atoms with van der Waals surface area (Å²) >= 11 is 3.61. The monoisotopic (exact) mass is 313 g/mol. The minimum absolute atomic E-state index is 0.277. The first-order valence-corrected chi connectivity index (χ1v) is 7.14. The summed E-state index contributed by atoms with van der Waals surface area (Å²) < 4.78 is 11.9. The smallest absolute Gasteiger partial charge is 0.105 e. The lowest BCUT2D eigenvalue weighted by Crippen LogP contribution is -2.35. The predicted octanol–water partition coefficient (Wildman–Crippen LogP) is 2.86. The number of halogens is 1. The Morgan fingerprint density at radius 2 is 2.22 bits per heavy atom. The lowest BCUT2D eigenvalue weighted by Gasteiger charge is -2.26. The molecule has 1 aliphatic rings. The molecule has 0 aromatic heterocycles. The molecular weight excluding hydrogens is 294 g/mol. The molecule has 1 heterocycles. The Kier molecular flexibility index (Phi) is 5.18. The van der Waals surface area contributed by atoms with E-state index in [1.165, 1.54) is 11.1 Å². The fourth-order valence-corrected chi connectivity index (χ4v) is 2.20. The van der Waals surface area contributed by atoms with Gasteiger partial charge in [0.15, 0.2) is 0 Å². The Labute approximate surface area is 117 Å². The predicted molar refractivity (Wildman–Crippen MR) is 75.5 cm³/mol. The molecule has 0 unspecified atom stereocenters. The van der Waals surface area contributed by atoms with Gasteiger partial charge in [0, 0.05) is 17.1 Å². The number of nitrogens with one attached hydrogen (secondary N) is 1. The van der Waals surface area contributed by atoms with Crippen LogP contribution in [-0.4, -0.2) is 25.4 Å². The number of benzene rings is 1. The Morgan fingerprint density at radius 3 is 2.78 bits per heavy atom. The van der Waals surface area contributed by atoms with Crippen molar-refractivity contribution in [3.05, 3.63) is 33.8 Å². The van der Waals surface area contributed by atoms with E-state index in [1.807, 2.05) is 0 Å². The minimum Gasteiger partial charge on any atom is -0.376 e. The van der Waals surface area contributed by atoms with Crippen LogP contribution in [0.2, 0.25) is 0 Å². The zero-order chi connectivity index (χ0) is 13.0. The van der Waals surface area contributed by atoms with Gasteiger partial charge in [0.1, 0.15) is 6.10 Å². The molecule has 0 amide bonds. The third kappa shape index (κ3) is 4.05. The van der Waals surface area contributed by atoms with Crippen molar-refractivity contribution < 1.29 is 9.47 Å². The average Bonchev–Trinajstić information content (AvgIpc) is 2.26. The summed E-state index contributed by atoms with van der Waals surface area (Å²) in [6.07, 6.45) is 0.277. The summed E-state index contributed by atoms with van der Waals surface area (Å²) in [6.45, 7) is 7.30. The van der Waals surface area contributed by atoms with Crippen molar-refractivity contribution in [3.8, 4) is 0 Å². The third-order valence-corrected chi connectivity index (χ3v) is 3.65. The SMILES string of the molecule is CC(C)NCc1ccc(COC2COC2)c(Br)c1. The molecule has 0 atom stereocenters. The van der Waals surface area contributed by atoms with Crippen LogP contribution in [0.15, 0.2) is 22.7 Å². The second-order valence-corrected chi connectivity index (χ2v) is 5.79. The molecule has 4 heteroatoms. The molecule has 1 N–H and O–H groups in total. The highest BCUT2D eigenvalue weighted by atomic mass is 79.9. The van der Waals surface area contributed by atoms with Crippen molar-refractivity contribution in [1.29, 1.82) is 0 Å². The highest BCUT2D eigenvalue weighted by Crippen LogP contribution is 2.21. The maximum absolute atomic E-state index is 5.71. The summed E-state index contributed by atoms with van der Waals surface area (Å²) in [4.78, 5) is 0. The summed E-state index contributed by atoms with van der Waals surface area (Å²) in [6, 6.07) is 6.94. The van der Waals surface area contributed by atoms with Gasteiger partial charge in [0.05, 0.1) is 19.8 Å². The van der Waals surface area contributed by atoms with E-state index in [-0.39, 0.29) is 6.10 Å². The van der Waals surface area contributed by atoms with E-state index in [9.17, 15) is 0 Å². The molecule has 18 heavy (non-hydrogen) atoms. The van der Waals surface area contributed by atoms with Gasteiger partial charge in [-0.2, -0.15) is 0 Å². The highest BCUT2D eigenvalue weighted by Gasteiger charge is 2.18. The largest absolute Gasteiger partial charge is 0.376 e. The minimum atomic E-state index is 0.277. The van der Waals surface area contributed by atoms with Crippen LogP contribution in [0.5, 0.6) is 0 Å². The van der Waals surface area contributed by atoms with E-state index in [4.69, 9.17) is 9.47 Å². The zero-order valence-corrected chi connectivity index (χ0v) is 12.5. The molecule has 100 valence electrons. The lowest BCUT2D eigenvalue weighted by molar-refractivity contribution is -0.135. The molecule has 1 aromatic rings. The molecule has 0 spiro atoms. The topological polar surface area (TPSA) is 30.5 Å². The van der Waals surface area contributed by atoms with Crippen LogP contribution < -0.4 is 5.32 Å². The first kappa shape index (κ1) is 14.0. The number of rotatable bonds is 6. The molecule has 2 rings (SSSR count). The van der Waals surface area contributed by atoms with Crippen LogP contribution in [0.4, 0.5) is 0 Å². The van der Waals surface area contributed by atoms with E-state index in [1.54, 1.807) is 0 Å². The van der Waals surface area contributed by atoms with Crippen molar-refractivity contribution in [2.75, 3.05) is 13.2 Å². The lowest BCUT2D eigenvalue weighted by atomic mass is 10.1. The average molecular weight is 314 g/mol. The summed E-state index contributed by atoms with van der Waals surface area (Å²) in [5.74, 6) is 0. The summed E-state index contributed by atoms with van der Waals surface area (Å²) in [5, 5.41) is 3.41. The van der Waals surface area contributed by atoms with E-state index in [2.05, 4.69) is 53.3 Å². The van der Waals surface area contributed by atoms with E-state index in [0.29, 0.717) is 12.6 Å². The second kappa shape index (κ2) is 6.66. The van der Waals surface area contributed by atoms with Gasteiger partial charge in [-0.05, 0) is 17.2 Å². The normalized spacial score (nSPS) is 16.0. The molecule has 0 saturated carbocycles. The second-order valence-electron chi connectivity index (χ2n) is 4.93. The number of hydrogen-bond donors (Lipinski definition) is 1. The Balaban J connectivity index is 1.87. The van der Waals surface area contributed by atoms with Crippen molar-refractivity contribution in [2.24, 2.45) is 0 Å². The van der Waals surface area contributed by atoms with Crippen LogP contribution in [0.3, 0.4) is 0 Å². The van der Waals surface area contributed by atoms with E-state index >= 15 is 0 Å². The van der Waals surface area contributed by atoms with Crippen molar-refractivity contribution in [1.82, 2.24) is 5.32 Å². The Hall–Kier alpha value is -0.420. The fraction of sp³-hybridized carbons (Fsp3) is 0.571. The van der Waals surface area contributed by atoms with E-state index in [0.717, 1.165) is 24.2 Å². The van der Waals surface area contributed by atoms with Crippen LogP contribution >= 0.6 is 15.9 Å². The van der Waals surface area contributed by atoms with Crippen molar-refractivity contribution in [3.63, 3.8) is 0 Å². The van der Waals surface area contributed by atoms with Gasteiger partial charge >= 0.3 is 0 Å². The van der Waals surface area contributed by atoms with Crippen molar-refractivity contribution in [2.45, 2.75) is 39.1 Å². The molecule has 1 aliphatic heterocycles. The molecule has 0 aliphatic carbocycles. The molecule has 0 radical (unpaired) electrons. The van der Waals surface area contributed by atoms with Crippen LogP contribution in [0, 0.1) is 0 Å². The number of ether oxygens (including phenoxy) is 2. The van der Waals surface area contributed by atoms with Gasteiger partial charge in [-0.15, -0.1) is 0 Å². The first-order valence-electron chi connectivity index (χ1n) is 6.35. The molecule has 1 fully saturated rings. The Bertz CT molecular complexity index is 391. The van der Waals surface area contributed by atoms with Crippen LogP contribution in [-0.2, 0) is 22.6 Å². The third-order valence-electron chi connectivity index (χ3n) is 2.91. The van der Waals surface area contributed by atoms with Gasteiger partial charge in [0.2, 0.25) is 0 Å². The maximum Gasteiger partial charge on any atom is 0.105 e. The van der Waals surface area contributed by atoms with E-state index < -0.39 is 0 Å². The fourth-order valence-electron chi connectivity index (χ4n) is 1.66. The molecule has 0 bridgehead atoms. The molecule has 1 saturated heterocycles. The number of hydrogen-bond acceptors (Lipinski definition) is 3. The first-order chi connectivity index (χ1) is 8.65. The van der Waals surface area contributed by atoms with Crippen LogP contribution in [0.25, 0.3) is 0 Å². The van der Waals surface area contributed by atoms with Gasteiger partial charge < -0.3 is 14.8 Å². The molecule has 1 aromatic carbocycles. The summed E-state index contributed by atoms with van der Waals surface area (Å²) in [5.41, 5.74) is 2.47. The maximum atomic E-state index is 5.71. The van der Waals surface area contributed by atoms with Gasteiger partial charge in [-0.25, -0.2) is 0 Å². The van der Waals surface area contributed by atoms with Crippen LogP contribution in [0.1, 0.15) is 25.0 Å². The standard InChI is InChI=1S/C14H20BrNO2/c1-10(2)16-6-11-3-4-12(14(15)5-11)7-18-13-8-17-9-13/h3-5,10,13,16H,6-9H2,1-2H3. The Morgan fingerprint density at radius 1 is 1.44 bits per heavy atom. The molecular formula is C14H20BrNO2. The summed E-state index contributed by atoms with van der Waals surface area (Å²) in [7, 11) is 0. The van der Waals surface area contributed by atoms with Gasteiger partial charge in [0.25, 0.3) is 0 Å². The highest BCUT2D eigenvalue weighted by molar-refractivity contribution is 9.10. The zero-order valence-electron chi connectivity index (χ0n) is 10.9. The van der Waals surface area contributed by atoms with Gasteiger partial charge in [-0.1, -0.05) is 41.9 Å². The molecule has 3 nitrogen and oxygen atoms in total. The van der Waals surface area contributed by atoms with Gasteiger partial charge in [-0.3, -0.25) is 0 Å².